The highest BCUT2D eigenvalue weighted by atomic mass is 19.1. The molecule has 0 radical (unpaired) electrons. The van der Waals surface area contributed by atoms with Crippen molar-refractivity contribution in [2.75, 3.05) is 20.7 Å². The maximum Gasteiger partial charge on any atom is 0.222 e. The van der Waals surface area contributed by atoms with E-state index in [9.17, 15) is 19.1 Å². The molecule has 2 N–H and O–H groups in total. The first-order valence-electron chi connectivity index (χ1n) is 10.4. The van der Waals surface area contributed by atoms with Gasteiger partial charge >= 0.3 is 0 Å². The van der Waals surface area contributed by atoms with Crippen LogP contribution in [0.15, 0.2) is 48.5 Å². The van der Waals surface area contributed by atoms with E-state index in [0.29, 0.717) is 30.6 Å². The topological polar surface area (TPSA) is 78.9 Å². The molecule has 0 unspecified atom stereocenters. The molecule has 0 saturated carbocycles. The third kappa shape index (κ3) is 5.82. The van der Waals surface area contributed by atoms with Crippen LogP contribution in [0.4, 0.5) is 4.39 Å². The fraction of sp³-hybridized carbons (Fsp3) is 0.417. The average Bonchev–Trinajstić information content (AvgIpc) is 3.14. The highest BCUT2D eigenvalue weighted by Gasteiger charge is 2.38. The van der Waals surface area contributed by atoms with E-state index in [1.165, 1.54) is 18.1 Å². The Balaban J connectivity index is 1.64. The Bertz CT molecular complexity index is 921. The molecule has 1 saturated heterocycles. The molecule has 3 rings (SSSR count). The van der Waals surface area contributed by atoms with Gasteiger partial charge in [0.05, 0.1) is 19.8 Å². The van der Waals surface area contributed by atoms with Crippen LogP contribution in [0.25, 0.3) is 0 Å². The van der Waals surface area contributed by atoms with Crippen LogP contribution in [0.2, 0.25) is 0 Å². The van der Waals surface area contributed by atoms with Crippen LogP contribution in [-0.2, 0) is 16.0 Å². The summed E-state index contributed by atoms with van der Waals surface area (Å²) >= 11 is 0. The van der Waals surface area contributed by atoms with Crippen LogP contribution < -0.4 is 10.1 Å². The minimum atomic E-state index is -0.777. The van der Waals surface area contributed by atoms with E-state index in [2.05, 4.69) is 5.32 Å². The standard InChI is InChI=1S/C24H29FN2O4/c1-27(16-21(28)17-6-4-3-5-7-17)23(30)11-13-24(12-10-22(29)26-24)15-18-14-19(31-2)8-9-20(18)25/h3-9,14,21,28H,10-13,15-16H2,1-2H3,(H,26,29)/t21-,24-/m1/s1. The molecule has 1 fully saturated rings. The van der Waals surface area contributed by atoms with Crippen molar-refractivity contribution in [3.8, 4) is 5.75 Å². The van der Waals surface area contributed by atoms with Crippen molar-refractivity contribution in [2.24, 2.45) is 0 Å². The molecule has 6 nitrogen and oxygen atoms in total. The number of carbonyl (C=O) groups is 2. The second-order valence-electron chi connectivity index (χ2n) is 8.16. The molecule has 2 aromatic carbocycles. The molecule has 0 aliphatic carbocycles. The van der Waals surface area contributed by atoms with E-state index in [-0.39, 0.29) is 37.0 Å². The Hall–Kier alpha value is -2.93. The number of amides is 2. The molecule has 1 aliphatic rings. The second-order valence-corrected chi connectivity index (χ2v) is 8.16. The molecule has 0 bridgehead atoms. The van der Waals surface area contributed by atoms with Crippen molar-refractivity contribution in [1.82, 2.24) is 10.2 Å². The van der Waals surface area contributed by atoms with Crippen molar-refractivity contribution in [3.05, 3.63) is 65.5 Å². The summed E-state index contributed by atoms with van der Waals surface area (Å²) in [4.78, 5) is 26.2. The van der Waals surface area contributed by atoms with Crippen molar-refractivity contribution in [2.45, 2.75) is 43.7 Å². The zero-order valence-corrected chi connectivity index (χ0v) is 17.9. The van der Waals surface area contributed by atoms with Gasteiger partial charge in [0.25, 0.3) is 0 Å². The lowest BCUT2D eigenvalue weighted by Crippen LogP contribution is -2.45. The van der Waals surface area contributed by atoms with Crippen LogP contribution in [0.1, 0.15) is 42.9 Å². The zero-order chi connectivity index (χ0) is 22.4. The lowest BCUT2D eigenvalue weighted by molar-refractivity contribution is -0.132. The summed E-state index contributed by atoms with van der Waals surface area (Å²) in [5, 5.41) is 13.4. The first kappa shape index (κ1) is 22.7. The van der Waals surface area contributed by atoms with Gasteiger partial charge in [0.2, 0.25) is 11.8 Å². The first-order valence-corrected chi connectivity index (χ1v) is 10.4. The lowest BCUT2D eigenvalue weighted by Gasteiger charge is -2.30. The number of nitrogens with one attached hydrogen (secondary N) is 1. The van der Waals surface area contributed by atoms with E-state index in [4.69, 9.17) is 4.74 Å². The summed E-state index contributed by atoms with van der Waals surface area (Å²) in [5.41, 5.74) is 0.510. The Morgan fingerprint density at radius 2 is 2.03 bits per heavy atom. The molecular formula is C24H29FN2O4. The number of ether oxygens (including phenoxy) is 1. The van der Waals surface area contributed by atoms with Gasteiger partial charge in [-0.1, -0.05) is 30.3 Å². The van der Waals surface area contributed by atoms with E-state index < -0.39 is 11.6 Å². The van der Waals surface area contributed by atoms with Gasteiger partial charge in [-0.05, 0) is 48.6 Å². The number of aliphatic hydroxyl groups is 1. The monoisotopic (exact) mass is 428 g/mol. The molecule has 2 aromatic rings. The largest absolute Gasteiger partial charge is 0.497 e. The van der Waals surface area contributed by atoms with E-state index >= 15 is 0 Å². The summed E-state index contributed by atoms with van der Waals surface area (Å²) in [7, 11) is 3.17. The van der Waals surface area contributed by atoms with Crippen molar-refractivity contribution >= 4 is 11.8 Å². The number of methoxy groups -OCH3 is 1. The quantitative estimate of drug-likeness (QED) is 0.644. The molecule has 1 aliphatic heterocycles. The van der Waals surface area contributed by atoms with E-state index in [0.717, 1.165) is 5.56 Å². The zero-order valence-electron chi connectivity index (χ0n) is 17.9. The Morgan fingerprint density at radius 1 is 1.29 bits per heavy atom. The molecule has 7 heteroatoms. The second kappa shape index (κ2) is 9.92. The number of aliphatic hydroxyl groups excluding tert-OH is 1. The summed E-state index contributed by atoms with van der Waals surface area (Å²) in [6.45, 7) is 0.173. The average molecular weight is 429 g/mol. The highest BCUT2D eigenvalue weighted by Crippen LogP contribution is 2.32. The van der Waals surface area contributed by atoms with Gasteiger partial charge in [0.15, 0.2) is 0 Å². The van der Waals surface area contributed by atoms with Crippen molar-refractivity contribution in [1.29, 1.82) is 0 Å². The van der Waals surface area contributed by atoms with Gasteiger partial charge in [0.1, 0.15) is 11.6 Å². The molecular weight excluding hydrogens is 399 g/mol. The predicted octanol–water partition coefficient (Wildman–Crippen LogP) is 3.00. The number of likely N-dealkylation sites (N-methyl/N-ethyl adjacent to an activating group) is 1. The van der Waals surface area contributed by atoms with Gasteiger partial charge < -0.3 is 20.1 Å². The number of benzene rings is 2. The maximum absolute atomic E-state index is 14.4. The Kier molecular flexibility index (Phi) is 7.28. The summed E-state index contributed by atoms with van der Waals surface area (Å²) < 4.78 is 19.6. The number of rotatable bonds is 9. The summed E-state index contributed by atoms with van der Waals surface area (Å²) in [5.74, 6) is -0.0532. The first-order chi connectivity index (χ1) is 14.8. The molecule has 1 heterocycles. The van der Waals surface area contributed by atoms with Crippen LogP contribution in [0.3, 0.4) is 0 Å². The van der Waals surface area contributed by atoms with Gasteiger partial charge in [-0.15, -0.1) is 0 Å². The minimum Gasteiger partial charge on any atom is -0.497 e. The van der Waals surface area contributed by atoms with Gasteiger partial charge in [-0.25, -0.2) is 4.39 Å². The molecule has 166 valence electrons. The molecule has 2 atom stereocenters. The summed E-state index contributed by atoms with van der Waals surface area (Å²) in [6, 6.07) is 13.7. The van der Waals surface area contributed by atoms with Crippen LogP contribution in [0.5, 0.6) is 5.75 Å². The summed E-state index contributed by atoms with van der Waals surface area (Å²) in [6.07, 6.45) is 0.963. The minimum absolute atomic E-state index is 0.0939. The highest BCUT2D eigenvalue weighted by molar-refractivity contribution is 5.80. The van der Waals surface area contributed by atoms with Gasteiger partial charge in [-0.3, -0.25) is 9.59 Å². The maximum atomic E-state index is 14.4. The number of hydrogen-bond donors (Lipinski definition) is 2. The molecule has 0 spiro atoms. The van der Waals surface area contributed by atoms with Crippen molar-refractivity contribution in [3.63, 3.8) is 0 Å². The van der Waals surface area contributed by atoms with Crippen molar-refractivity contribution < 1.29 is 23.8 Å². The lowest BCUT2D eigenvalue weighted by atomic mass is 9.84. The number of hydrogen-bond acceptors (Lipinski definition) is 4. The normalized spacial score (nSPS) is 19.0. The fourth-order valence-corrected chi connectivity index (χ4v) is 4.04. The van der Waals surface area contributed by atoms with Gasteiger partial charge in [-0.2, -0.15) is 0 Å². The third-order valence-electron chi connectivity index (χ3n) is 5.89. The number of nitrogens with zero attached hydrogens (tertiary/aromatic N) is 1. The van der Waals surface area contributed by atoms with Crippen LogP contribution in [-0.4, -0.2) is 48.1 Å². The number of carbonyl (C=O) groups excluding carboxylic acids is 2. The molecule has 0 aromatic heterocycles. The van der Waals surface area contributed by atoms with Crippen LogP contribution in [0, 0.1) is 5.82 Å². The van der Waals surface area contributed by atoms with Gasteiger partial charge in [0, 0.05) is 25.4 Å². The Labute approximate surface area is 182 Å². The third-order valence-corrected chi connectivity index (χ3v) is 5.89. The predicted molar refractivity (Wildman–Crippen MR) is 115 cm³/mol. The number of halogens is 1. The van der Waals surface area contributed by atoms with E-state index in [1.807, 2.05) is 30.3 Å². The molecule has 31 heavy (non-hydrogen) atoms. The SMILES string of the molecule is COc1ccc(F)c(C[C@]2(CCC(=O)N(C)C[C@@H](O)c3ccccc3)CCC(=O)N2)c1. The fourth-order valence-electron chi connectivity index (χ4n) is 4.04. The molecule has 2 amide bonds. The van der Waals surface area contributed by atoms with Crippen LogP contribution >= 0.6 is 0 Å². The van der Waals surface area contributed by atoms with E-state index in [1.54, 1.807) is 19.2 Å². The Morgan fingerprint density at radius 3 is 2.68 bits per heavy atom. The smallest absolute Gasteiger partial charge is 0.222 e.